The minimum Gasteiger partial charge on any atom is -0.497 e. The summed E-state index contributed by atoms with van der Waals surface area (Å²) in [5, 5.41) is 21.5. The lowest BCUT2D eigenvalue weighted by atomic mass is 9.81. The Balaban J connectivity index is 1.21. The molecule has 1 spiro atoms. The van der Waals surface area contributed by atoms with Crippen molar-refractivity contribution >= 4 is 0 Å². The second kappa shape index (κ2) is 8.22. The zero-order valence-corrected chi connectivity index (χ0v) is 17.8. The average Bonchev–Trinajstić information content (AvgIpc) is 2.80. The summed E-state index contributed by atoms with van der Waals surface area (Å²) in [6.07, 6.45) is 1.03. The van der Waals surface area contributed by atoms with Crippen LogP contribution in [0.1, 0.15) is 42.6 Å². The maximum atomic E-state index is 10.8. The molecule has 0 bridgehead atoms. The molecule has 1 fully saturated rings. The third kappa shape index (κ3) is 4.05. The van der Waals surface area contributed by atoms with Crippen LogP contribution in [0.2, 0.25) is 0 Å². The van der Waals surface area contributed by atoms with E-state index in [4.69, 9.17) is 18.9 Å². The van der Waals surface area contributed by atoms with Gasteiger partial charge < -0.3 is 34.1 Å². The van der Waals surface area contributed by atoms with Crippen molar-refractivity contribution < 1.29 is 29.2 Å². The minimum atomic E-state index is -0.601. The maximum Gasteiger partial charge on any atom is 0.161 e. The molecule has 166 valence electrons. The number of hydrogen-bond donors (Lipinski definition) is 2. The van der Waals surface area contributed by atoms with Gasteiger partial charge in [0.2, 0.25) is 0 Å². The molecule has 0 saturated carbocycles. The number of likely N-dealkylation sites (tertiary alicyclic amines) is 1. The van der Waals surface area contributed by atoms with Crippen LogP contribution in [0.15, 0.2) is 36.4 Å². The van der Waals surface area contributed by atoms with Crippen LogP contribution in [0.4, 0.5) is 0 Å². The number of methoxy groups -OCH3 is 1. The van der Waals surface area contributed by atoms with Gasteiger partial charge in [0, 0.05) is 31.6 Å². The summed E-state index contributed by atoms with van der Waals surface area (Å²) >= 11 is 0. The van der Waals surface area contributed by atoms with Gasteiger partial charge in [0.15, 0.2) is 11.5 Å². The van der Waals surface area contributed by atoms with Crippen LogP contribution in [0.25, 0.3) is 0 Å². The van der Waals surface area contributed by atoms with Gasteiger partial charge in [0.25, 0.3) is 0 Å². The highest BCUT2D eigenvalue weighted by molar-refractivity contribution is 5.45. The first kappa shape index (κ1) is 20.4. The Bertz CT molecular complexity index is 940. The standard InChI is InChI=1S/C24H29NO6/c1-28-17-3-5-21-18(13-17)19(26)14-24(31-21)6-8-25(9-7-24)15-20(27)16-2-4-22-23(12-16)30-11-10-29-22/h2-5,12-13,19-20,26-27H,6-11,14-15H2,1H3/t19-,20-/m1/s1. The molecule has 31 heavy (non-hydrogen) atoms. The predicted molar refractivity (Wildman–Crippen MR) is 114 cm³/mol. The minimum absolute atomic E-state index is 0.362. The van der Waals surface area contributed by atoms with Gasteiger partial charge in [-0.3, -0.25) is 0 Å². The molecule has 3 aliphatic heterocycles. The SMILES string of the molecule is COc1ccc2c(c1)[C@H](O)CC1(CCN(C[C@@H](O)c3ccc4c(c3)OCCO4)CC1)O2. The van der Waals surface area contributed by atoms with E-state index in [2.05, 4.69) is 4.90 Å². The Morgan fingerprint density at radius 3 is 2.58 bits per heavy atom. The van der Waals surface area contributed by atoms with Gasteiger partial charge in [-0.25, -0.2) is 0 Å². The van der Waals surface area contributed by atoms with Crippen LogP contribution in [0, 0.1) is 0 Å². The van der Waals surface area contributed by atoms with Crippen molar-refractivity contribution in [3.63, 3.8) is 0 Å². The number of β-amino-alcohol motifs (C(OH)–C–C–N with tert-alkyl or cyclic N) is 1. The maximum absolute atomic E-state index is 10.8. The van der Waals surface area contributed by atoms with Crippen molar-refractivity contribution in [1.82, 2.24) is 4.90 Å². The molecule has 0 aromatic heterocycles. The van der Waals surface area contributed by atoms with E-state index >= 15 is 0 Å². The molecule has 2 N–H and O–H groups in total. The molecule has 1 saturated heterocycles. The van der Waals surface area contributed by atoms with E-state index in [1.165, 1.54) is 0 Å². The predicted octanol–water partition coefficient (Wildman–Crippen LogP) is 2.85. The zero-order chi connectivity index (χ0) is 21.4. The molecule has 0 aliphatic carbocycles. The lowest BCUT2D eigenvalue weighted by Crippen LogP contribution is -2.51. The van der Waals surface area contributed by atoms with Crippen LogP contribution in [-0.4, -0.2) is 60.7 Å². The molecule has 2 atom stereocenters. The normalized spacial score (nSPS) is 23.0. The van der Waals surface area contributed by atoms with Gasteiger partial charge in [0.1, 0.15) is 30.3 Å². The topological polar surface area (TPSA) is 80.6 Å². The highest BCUT2D eigenvalue weighted by Crippen LogP contribution is 2.45. The molecule has 2 aromatic carbocycles. The van der Waals surface area contributed by atoms with Crippen LogP contribution >= 0.6 is 0 Å². The number of ether oxygens (including phenoxy) is 4. The van der Waals surface area contributed by atoms with Gasteiger partial charge in [-0.15, -0.1) is 0 Å². The fourth-order valence-electron chi connectivity index (χ4n) is 4.81. The third-order valence-electron chi connectivity index (χ3n) is 6.62. The van der Waals surface area contributed by atoms with Gasteiger partial charge in [0.05, 0.1) is 19.3 Å². The molecule has 0 amide bonds. The number of aliphatic hydroxyl groups is 2. The number of piperidine rings is 1. The summed E-state index contributed by atoms with van der Waals surface area (Å²) in [6.45, 7) is 3.24. The molecular weight excluding hydrogens is 398 g/mol. The second-order valence-corrected chi connectivity index (χ2v) is 8.63. The van der Waals surface area contributed by atoms with Gasteiger partial charge in [-0.1, -0.05) is 6.07 Å². The number of hydrogen-bond acceptors (Lipinski definition) is 7. The fraction of sp³-hybridized carbons (Fsp3) is 0.500. The van der Waals surface area contributed by atoms with E-state index in [1.54, 1.807) is 7.11 Å². The number of rotatable bonds is 4. The second-order valence-electron chi connectivity index (χ2n) is 8.63. The van der Waals surface area contributed by atoms with Gasteiger partial charge in [-0.2, -0.15) is 0 Å². The van der Waals surface area contributed by atoms with Gasteiger partial charge in [-0.05, 0) is 48.7 Å². The van der Waals surface area contributed by atoms with Gasteiger partial charge >= 0.3 is 0 Å². The van der Waals surface area contributed by atoms with Crippen molar-refractivity contribution in [2.75, 3.05) is 40.0 Å². The zero-order valence-electron chi connectivity index (χ0n) is 17.8. The third-order valence-corrected chi connectivity index (χ3v) is 6.62. The van der Waals surface area contributed by atoms with Crippen molar-refractivity contribution in [2.45, 2.75) is 37.1 Å². The van der Waals surface area contributed by atoms with Crippen molar-refractivity contribution in [3.8, 4) is 23.0 Å². The molecule has 0 radical (unpaired) electrons. The van der Waals surface area contributed by atoms with Crippen LogP contribution in [-0.2, 0) is 0 Å². The summed E-state index contributed by atoms with van der Waals surface area (Å²) in [5.41, 5.74) is 1.26. The summed E-state index contributed by atoms with van der Waals surface area (Å²) in [4.78, 5) is 2.26. The lowest BCUT2D eigenvalue weighted by Gasteiger charge is -2.46. The molecule has 3 heterocycles. The number of fused-ring (bicyclic) bond motifs is 2. The molecule has 2 aromatic rings. The highest BCUT2D eigenvalue weighted by Gasteiger charge is 2.43. The molecule has 7 nitrogen and oxygen atoms in total. The fourth-order valence-corrected chi connectivity index (χ4v) is 4.81. The Labute approximate surface area is 182 Å². The smallest absolute Gasteiger partial charge is 0.161 e. The summed E-state index contributed by atoms with van der Waals surface area (Å²) in [5.74, 6) is 2.89. The van der Waals surface area contributed by atoms with Crippen molar-refractivity contribution in [1.29, 1.82) is 0 Å². The first-order valence-electron chi connectivity index (χ1n) is 10.9. The van der Waals surface area contributed by atoms with Crippen LogP contribution < -0.4 is 18.9 Å². The van der Waals surface area contributed by atoms with E-state index in [0.29, 0.717) is 31.9 Å². The van der Waals surface area contributed by atoms with Crippen molar-refractivity contribution in [3.05, 3.63) is 47.5 Å². The molecule has 3 aliphatic rings. The van der Waals surface area contributed by atoms with Crippen LogP contribution in [0.5, 0.6) is 23.0 Å². The van der Waals surface area contributed by atoms with E-state index in [0.717, 1.165) is 54.3 Å². The Hall–Kier alpha value is -2.48. The Morgan fingerprint density at radius 1 is 1.06 bits per heavy atom. The van der Waals surface area contributed by atoms with Crippen molar-refractivity contribution in [2.24, 2.45) is 0 Å². The number of benzene rings is 2. The Kier molecular flexibility index (Phi) is 5.42. The lowest BCUT2D eigenvalue weighted by molar-refractivity contribution is -0.0588. The van der Waals surface area contributed by atoms with E-state index < -0.39 is 12.2 Å². The van der Waals surface area contributed by atoms with E-state index in [1.807, 2.05) is 36.4 Å². The van der Waals surface area contributed by atoms with E-state index in [-0.39, 0.29) is 5.60 Å². The van der Waals surface area contributed by atoms with Crippen LogP contribution in [0.3, 0.4) is 0 Å². The monoisotopic (exact) mass is 427 g/mol. The quantitative estimate of drug-likeness (QED) is 0.777. The molecule has 5 rings (SSSR count). The summed E-state index contributed by atoms with van der Waals surface area (Å²) in [7, 11) is 1.62. The number of nitrogens with zero attached hydrogens (tertiary/aromatic N) is 1. The average molecular weight is 427 g/mol. The number of aliphatic hydroxyl groups excluding tert-OH is 2. The Morgan fingerprint density at radius 2 is 1.81 bits per heavy atom. The summed E-state index contributed by atoms with van der Waals surface area (Å²) in [6, 6.07) is 11.2. The molecule has 0 unspecified atom stereocenters. The first-order valence-corrected chi connectivity index (χ1v) is 10.9. The largest absolute Gasteiger partial charge is 0.497 e. The van der Waals surface area contributed by atoms with E-state index in [9.17, 15) is 10.2 Å². The first-order chi connectivity index (χ1) is 15.0. The summed E-state index contributed by atoms with van der Waals surface area (Å²) < 4.78 is 22.9. The molecule has 7 heteroatoms. The molecular formula is C24H29NO6. The highest BCUT2D eigenvalue weighted by atomic mass is 16.6.